The molecule has 5 aliphatic rings. The monoisotopic (exact) mass is 342 g/mol. The van der Waals surface area contributed by atoms with E-state index in [0.29, 0.717) is 18.3 Å². The summed E-state index contributed by atoms with van der Waals surface area (Å²) in [5, 5.41) is 11.2. The molecule has 1 saturated heterocycles. The molecule has 0 radical (unpaired) electrons. The quantitative estimate of drug-likeness (QED) is 0.735. The summed E-state index contributed by atoms with van der Waals surface area (Å²) >= 11 is 0. The maximum absolute atomic E-state index is 12.4. The summed E-state index contributed by atoms with van der Waals surface area (Å²) in [7, 11) is 0. The number of aliphatic hydroxyl groups excluding tert-OH is 1. The molecule has 4 heteroatoms. The highest BCUT2D eigenvalue weighted by molar-refractivity contribution is 6.01. The zero-order chi connectivity index (χ0) is 17.6. The molecule has 4 fully saturated rings. The summed E-state index contributed by atoms with van der Waals surface area (Å²) < 4.78 is 5.91. The van der Waals surface area contributed by atoms with E-state index in [4.69, 9.17) is 4.74 Å². The van der Waals surface area contributed by atoms with E-state index in [1.807, 2.05) is 6.08 Å². The zero-order valence-electron chi connectivity index (χ0n) is 15.0. The predicted molar refractivity (Wildman–Crippen MR) is 91.7 cm³/mol. The van der Waals surface area contributed by atoms with Crippen molar-refractivity contribution in [1.82, 2.24) is 0 Å². The van der Waals surface area contributed by atoms with Gasteiger partial charge in [0.25, 0.3) is 0 Å². The van der Waals surface area contributed by atoms with Crippen LogP contribution in [0, 0.1) is 28.6 Å². The minimum atomic E-state index is -0.640. The lowest BCUT2D eigenvalue weighted by molar-refractivity contribution is -0.224. The molecular formula is C21H26O4. The summed E-state index contributed by atoms with van der Waals surface area (Å²) in [5.74, 6) is 1.21. The number of fused-ring (bicyclic) bond motifs is 6. The van der Waals surface area contributed by atoms with Gasteiger partial charge in [0.2, 0.25) is 0 Å². The van der Waals surface area contributed by atoms with Gasteiger partial charge in [0.15, 0.2) is 11.6 Å². The van der Waals surface area contributed by atoms with Crippen LogP contribution in [0.3, 0.4) is 0 Å². The molecule has 3 saturated carbocycles. The number of hydrogen-bond donors (Lipinski definition) is 1. The molecule has 4 aliphatic carbocycles. The van der Waals surface area contributed by atoms with E-state index < -0.39 is 11.7 Å². The molecule has 1 spiro atoms. The zero-order valence-corrected chi connectivity index (χ0v) is 15.0. The third-order valence-electron chi connectivity index (χ3n) is 8.52. The molecular weight excluding hydrogens is 316 g/mol. The summed E-state index contributed by atoms with van der Waals surface area (Å²) in [6.07, 6.45) is 9.35. The van der Waals surface area contributed by atoms with Crippen LogP contribution in [-0.2, 0) is 14.3 Å². The molecule has 7 atom stereocenters. The molecule has 134 valence electrons. The molecule has 25 heavy (non-hydrogen) atoms. The van der Waals surface area contributed by atoms with Crippen LogP contribution < -0.4 is 0 Å². The predicted octanol–water partition coefficient (Wildman–Crippen LogP) is 2.60. The van der Waals surface area contributed by atoms with E-state index in [1.54, 1.807) is 12.2 Å². The first-order chi connectivity index (χ1) is 11.8. The molecule has 4 nitrogen and oxygen atoms in total. The van der Waals surface area contributed by atoms with Crippen molar-refractivity contribution < 1.29 is 19.4 Å². The van der Waals surface area contributed by atoms with E-state index >= 15 is 0 Å². The smallest absolute Gasteiger partial charge is 0.190 e. The normalized spacial score (nSPS) is 53.8. The van der Waals surface area contributed by atoms with Gasteiger partial charge in [-0.15, -0.1) is 0 Å². The summed E-state index contributed by atoms with van der Waals surface area (Å²) in [4.78, 5) is 24.3. The van der Waals surface area contributed by atoms with Crippen molar-refractivity contribution >= 4 is 11.6 Å². The lowest BCUT2D eigenvalue weighted by Gasteiger charge is -2.61. The van der Waals surface area contributed by atoms with Gasteiger partial charge in [-0.2, -0.15) is 0 Å². The number of hydrogen-bond acceptors (Lipinski definition) is 4. The fourth-order valence-electron chi connectivity index (χ4n) is 7.31. The van der Waals surface area contributed by atoms with Gasteiger partial charge in [-0.25, -0.2) is 0 Å². The number of carbonyl (C=O) groups excluding carboxylic acids is 2. The average Bonchev–Trinajstić information content (AvgIpc) is 2.88. The first kappa shape index (κ1) is 16.0. The van der Waals surface area contributed by atoms with E-state index in [-0.39, 0.29) is 34.9 Å². The van der Waals surface area contributed by atoms with E-state index in [2.05, 4.69) is 13.8 Å². The van der Waals surface area contributed by atoms with Gasteiger partial charge in [0.05, 0.1) is 6.10 Å². The number of Topliss-reactive ketones (excluding diaryl/α,β-unsaturated/α-hetero) is 1. The molecule has 1 heterocycles. The standard InChI is InChI=1S/C21H26O4/c1-19-7-5-13(22)9-12(19)3-4-14-15-6-8-21(17(24)11-25-21)20(15,2)10-16(23)18(14)19/h5,7,9,14-16,18,23H,3-4,6,8,10-11H2,1-2H3/t14-,15+,16+,18+,19-,20+,21-/m0/s1. The maximum Gasteiger partial charge on any atom is 0.190 e. The van der Waals surface area contributed by atoms with E-state index in [9.17, 15) is 14.7 Å². The molecule has 0 amide bonds. The lowest BCUT2D eigenvalue weighted by Crippen LogP contribution is -2.67. The van der Waals surface area contributed by atoms with E-state index in [1.165, 1.54) is 5.57 Å². The maximum atomic E-state index is 12.4. The van der Waals surface area contributed by atoms with Gasteiger partial charge in [-0.1, -0.05) is 25.5 Å². The number of aliphatic hydroxyl groups is 1. The fraction of sp³-hybridized carbons (Fsp3) is 0.714. The van der Waals surface area contributed by atoms with Gasteiger partial charge in [-0.05, 0) is 56.1 Å². The van der Waals surface area contributed by atoms with Crippen molar-refractivity contribution in [2.45, 2.75) is 57.7 Å². The Morgan fingerprint density at radius 3 is 2.72 bits per heavy atom. The van der Waals surface area contributed by atoms with Crippen molar-refractivity contribution in [2.24, 2.45) is 28.6 Å². The SMILES string of the molecule is C[C@]12C=CC(=O)C=C1CC[C@@H]1[C@@H]2[C@H](O)C[C@]2(C)[C@@H]1CC[C@@]21OCC1=O. The Kier molecular flexibility index (Phi) is 3.01. The largest absolute Gasteiger partial charge is 0.393 e. The highest BCUT2D eigenvalue weighted by Gasteiger charge is 2.71. The molecule has 1 aliphatic heterocycles. The lowest BCUT2D eigenvalue weighted by atomic mass is 9.46. The van der Waals surface area contributed by atoms with Crippen molar-refractivity contribution in [2.75, 3.05) is 6.61 Å². The van der Waals surface area contributed by atoms with Crippen molar-refractivity contribution in [3.63, 3.8) is 0 Å². The first-order valence-corrected chi connectivity index (χ1v) is 9.61. The summed E-state index contributed by atoms with van der Waals surface area (Å²) in [5.41, 5.74) is 0.0403. The number of carbonyl (C=O) groups is 2. The van der Waals surface area contributed by atoms with Gasteiger partial charge >= 0.3 is 0 Å². The highest BCUT2D eigenvalue weighted by atomic mass is 16.5. The third-order valence-corrected chi connectivity index (χ3v) is 8.52. The van der Waals surface area contributed by atoms with E-state index in [0.717, 1.165) is 25.7 Å². The van der Waals surface area contributed by atoms with Crippen LogP contribution in [0.5, 0.6) is 0 Å². The molecule has 0 aromatic heterocycles. The Balaban J connectivity index is 1.56. The van der Waals surface area contributed by atoms with Gasteiger partial charge in [0.1, 0.15) is 12.2 Å². The number of allylic oxidation sites excluding steroid dienone is 4. The minimum Gasteiger partial charge on any atom is -0.393 e. The number of ether oxygens (including phenoxy) is 1. The van der Waals surface area contributed by atoms with Gasteiger partial charge in [-0.3, -0.25) is 9.59 Å². The molecule has 5 rings (SSSR count). The number of ketones is 2. The number of rotatable bonds is 0. The topological polar surface area (TPSA) is 63.6 Å². The van der Waals surface area contributed by atoms with Crippen LogP contribution in [0.4, 0.5) is 0 Å². The second-order valence-electron chi connectivity index (χ2n) is 9.29. The van der Waals surface area contributed by atoms with Gasteiger partial charge < -0.3 is 9.84 Å². The molecule has 1 N–H and O–H groups in total. The Labute approximate surface area is 148 Å². The second-order valence-corrected chi connectivity index (χ2v) is 9.29. The van der Waals surface area contributed by atoms with Crippen LogP contribution >= 0.6 is 0 Å². The molecule has 0 aromatic rings. The van der Waals surface area contributed by atoms with Crippen molar-refractivity contribution in [1.29, 1.82) is 0 Å². The average molecular weight is 342 g/mol. The van der Waals surface area contributed by atoms with Gasteiger partial charge in [0, 0.05) is 16.7 Å². The van der Waals surface area contributed by atoms with Crippen LogP contribution in [-0.4, -0.2) is 35.0 Å². The Hall–Kier alpha value is -1.26. The third kappa shape index (κ3) is 1.71. The van der Waals surface area contributed by atoms with Crippen LogP contribution in [0.15, 0.2) is 23.8 Å². The van der Waals surface area contributed by atoms with Crippen molar-refractivity contribution in [3.05, 3.63) is 23.8 Å². The Morgan fingerprint density at radius 2 is 2.04 bits per heavy atom. The highest BCUT2D eigenvalue weighted by Crippen LogP contribution is 2.68. The molecule has 0 aromatic carbocycles. The molecule has 0 unspecified atom stereocenters. The minimum absolute atomic E-state index is 0.0642. The summed E-state index contributed by atoms with van der Waals surface area (Å²) in [6, 6.07) is 0. The summed E-state index contributed by atoms with van der Waals surface area (Å²) in [6.45, 7) is 4.59. The van der Waals surface area contributed by atoms with Crippen LogP contribution in [0.1, 0.15) is 46.0 Å². The first-order valence-electron chi connectivity index (χ1n) is 9.61. The van der Waals surface area contributed by atoms with Crippen LogP contribution in [0.2, 0.25) is 0 Å². The van der Waals surface area contributed by atoms with Crippen LogP contribution in [0.25, 0.3) is 0 Å². The fourth-order valence-corrected chi connectivity index (χ4v) is 7.31. The van der Waals surface area contributed by atoms with Crippen molar-refractivity contribution in [3.8, 4) is 0 Å². The Morgan fingerprint density at radius 1 is 1.24 bits per heavy atom. The molecule has 0 bridgehead atoms. The Bertz CT molecular complexity index is 736. The second kappa shape index (κ2) is 4.72.